The number of ether oxygens (including phenoxy) is 1. The normalized spacial score (nSPS) is 14.2. The second-order valence-electron chi connectivity index (χ2n) is 8.96. The molecule has 1 aromatic heterocycles. The molecular weight excluding hydrogens is 462 g/mol. The predicted octanol–water partition coefficient (Wildman–Crippen LogP) is 5.07. The van der Waals surface area contributed by atoms with Crippen LogP contribution in [0.4, 0.5) is 20.2 Å². The molecule has 6 nitrogen and oxygen atoms in total. The van der Waals surface area contributed by atoms with Gasteiger partial charge in [0.2, 0.25) is 0 Å². The number of hydrogen-bond donors (Lipinski definition) is 2. The summed E-state index contributed by atoms with van der Waals surface area (Å²) in [6.45, 7) is 4.84. The number of aromatic amines is 1. The SMILES string of the molecule is COc1ccc(N2CCN(CCc3c[nH]c4ccc(NC(=O)c5cc(F)cc(F)c5)cc34)CC2)cc1. The molecule has 1 saturated heterocycles. The first-order chi connectivity index (χ1) is 17.5. The standard InChI is InChI=1S/C28H28F2N4O2/c1-36-25-5-3-24(4-6-25)34-12-10-33(11-13-34)9-8-19-18-31-27-7-2-23(17-26(19)27)32-28(35)20-14-21(29)16-22(30)15-20/h2-7,14-18,31H,8-13H2,1H3,(H,32,35). The monoisotopic (exact) mass is 490 g/mol. The van der Waals surface area contributed by atoms with Gasteiger partial charge >= 0.3 is 0 Å². The third-order valence-corrected chi connectivity index (χ3v) is 6.66. The average molecular weight is 491 g/mol. The first kappa shape index (κ1) is 23.8. The lowest BCUT2D eigenvalue weighted by molar-refractivity contribution is 0.102. The minimum Gasteiger partial charge on any atom is -0.497 e. The zero-order valence-electron chi connectivity index (χ0n) is 20.1. The van der Waals surface area contributed by atoms with Gasteiger partial charge < -0.3 is 19.9 Å². The summed E-state index contributed by atoms with van der Waals surface area (Å²) in [6.07, 6.45) is 2.88. The lowest BCUT2D eigenvalue weighted by atomic mass is 10.1. The van der Waals surface area contributed by atoms with Crippen LogP contribution in [0.25, 0.3) is 10.9 Å². The minimum absolute atomic E-state index is 0.0596. The van der Waals surface area contributed by atoms with E-state index in [4.69, 9.17) is 4.74 Å². The fourth-order valence-corrected chi connectivity index (χ4v) is 4.65. The van der Waals surface area contributed by atoms with Gasteiger partial charge in [0.25, 0.3) is 5.91 Å². The molecule has 4 aromatic rings. The number of nitrogens with one attached hydrogen (secondary N) is 2. The van der Waals surface area contributed by atoms with Crippen molar-refractivity contribution in [3.8, 4) is 5.75 Å². The number of H-pyrrole nitrogens is 1. The number of carbonyl (C=O) groups excluding carboxylic acids is 1. The van der Waals surface area contributed by atoms with Gasteiger partial charge in [0.15, 0.2) is 0 Å². The number of anilines is 2. The average Bonchev–Trinajstić information content (AvgIpc) is 3.29. The highest BCUT2D eigenvalue weighted by atomic mass is 19.1. The molecule has 0 atom stereocenters. The van der Waals surface area contributed by atoms with Crippen LogP contribution in [0, 0.1) is 11.6 Å². The predicted molar refractivity (Wildman–Crippen MR) is 138 cm³/mol. The summed E-state index contributed by atoms with van der Waals surface area (Å²) in [6, 6.07) is 16.5. The first-order valence-electron chi connectivity index (χ1n) is 12.0. The second kappa shape index (κ2) is 10.4. The van der Waals surface area contributed by atoms with Crippen molar-refractivity contribution >= 4 is 28.2 Å². The molecule has 1 amide bonds. The summed E-state index contributed by atoms with van der Waals surface area (Å²) in [4.78, 5) is 20.6. The maximum absolute atomic E-state index is 13.5. The van der Waals surface area contributed by atoms with Crippen molar-refractivity contribution in [2.75, 3.05) is 50.1 Å². The highest BCUT2D eigenvalue weighted by Gasteiger charge is 2.18. The van der Waals surface area contributed by atoms with Crippen molar-refractivity contribution in [2.24, 2.45) is 0 Å². The van der Waals surface area contributed by atoms with Crippen molar-refractivity contribution < 1.29 is 18.3 Å². The van der Waals surface area contributed by atoms with Crippen LogP contribution in [0.5, 0.6) is 5.75 Å². The van der Waals surface area contributed by atoms with Crippen LogP contribution in [0.15, 0.2) is 66.9 Å². The quantitative estimate of drug-likeness (QED) is 0.380. The molecule has 8 heteroatoms. The molecule has 1 aliphatic heterocycles. The number of halogens is 2. The molecule has 1 aliphatic rings. The van der Waals surface area contributed by atoms with E-state index in [1.54, 1.807) is 13.2 Å². The summed E-state index contributed by atoms with van der Waals surface area (Å²) < 4.78 is 32.2. The van der Waals surface area contributed by atoms with Crippen LogP contribution in [0.3, 0.4) is 0 Å². The number of rotatable bonds is 7. The Labute approximate surface area is 208 Å². The number of methoxy groups -OCH3 is 1. The molecule has 2 heterocycles. The highest BCUT2D eigenvalue weighted by molar-refractivity contribution is 6.05. The maximum atomic E-state index is 13.5. The van der Waals surface area contributed by atoms with Gasteiger partial charge in [-0.1, -0.05) is 0 Å². The Bertz CT molecular complexity index is 1340. The van der Waals surface area contributed by atoms with Crippen molar-refractivity contribution in [1.29, 1.82) is 0 Å². The third-order valence-electron chi connectivity index (χ3n) is 6.66. The number of nitrogens with zero attached hydrogens (tertiary/aromatic N) is 2. The number of carbonyl (C=O) groups is 1. The van der Waals surface area contributed by atoms with Crippen molar-refractivity contribution in [1.82, 2.24) is 9.88 Å². The van der Waals surface area contributed by atoms with Gasteiger partial charge in [0.1, 0.15) is 17.4 Å². The van der Waals surface area contributed by atoms with E-state index in [9.17, 15) is 13.6 Å². The maximum Gasteiger partial charge on any atom is 0.255 e. The van der Waals surface area contributed by atoms with Crippen LogP contribution < -0.4 is 15.0 Å². The van der Waals surface area contributed by atoms with Crippen LogP contribution in [-0.4, -0.2) is 55.6 Å². The van der Waals surface area contributed by atoms with Crippen LogP contribution >= 0.6 is 0 Å². The molecule has 0 bridgehead atoms. The van der Waals surface area contributed by atoms with Gasteiger partial charge in [-0.05, 0) is 66.6 Å². The van der Waals surface area contributed by atoms with Crippen LogP contribution in [-0.2, 0) is 6.42 Å². The highest BCUT2D eigenvalue weighted by Crippen LogP contribution is 2.25. The fourth-order valence-electron chi connectivity index (χ4n) is 4.65. The molecule has 0 unspecified atom stereocenters. The molecule has 3 aromatic carbocycles. The number of aromatic nitrogens is 1. The van der Waals surface area contributed by atoms with E-state index in [1.165, 1.54) is 5.69 Å². The van der Waals surface area contributed by atoms with Gasteiger partial charge in [-0.2, -0.15) is 0 Å². The van der Waals surface area contributed by atoms with Crippen molar-refractivity contribution in [3.05, 3.63) is 89.6 Å². The lowest BCUT2D eigenvalue weighted by Gasteiger charge is -2.36. The summed E-state index contributed by atoms with van der Waals surface area (Å²) in [5.74, 6) is -1.26. The lowest BCUT2D eigenvalue weighted by Crippen LogP contribution is -2.46. The van der Waals surface area contributed by atoms with E-state index in [-0.39, 0.29) is 5.56 Å². The Balaban J connectivity index is 1.19. The Morgan fingerprint density at radius 2 is 1.69 bits per heavy atom. The van der Waals surface area contributed by atoms with E-state index >= 15 is 0 Å². The van der Waals surface area contributed by atoms with Gasteiger partial charge in [-0.15, -0.1) is 0 Å². The van der Waals surface area contributed by atoms with Gasteiger partial charge in [-0.25, -0.2) is 8.78 Å². The van der Waals surface area contributed by atoms with Gasteiger partial charge in [0, 0.05) is 72.8 Å². The molecule has 5 rings (SSSR count). The molecule has 36 heavy (non-hydrogen) atoms. The van der Waals surface area contributed by atoms with Gasteiger partial charge in [0.05, 0.1) is 7.11 Å². The van der Waals surface area contributed by atoms with Crippen molar-refractivity contribution in [3.63, 3.8) is 0 Å². The molecule has 2 N–H and O–H groups in total. The summed E-state index contributed by atoms with van der Waals surface area (Å²) in [7, 11) is 1.67. The number of piperazine rings is 1. The largest absolute Gasteiger partial charge is 0.497 e. The Morgan fingerprint density at radius 1 is 0.972 bits per heavy atom. The molecule has 1 fully saturated rings. The van der Waals surface area contributed by atoms with E-state index in [0.717, 1.165) is 79.6 Å². The molecule has 0 spiro atoms. The van der Waals surface area contributed by atoms with E-state index in [2.05, 4.69) is 32.2 Å². The number of fused-ring (bicyclic) bond motifs is 1. The van der Waals surface area contributed by atoms with Crippen molar-refractivity contribution in [2.45, 2.75) is 6.42 Å². The molecule has 0 saturated carbocycles. The summed E-state index contributed by atoms with van der Waals surface area (Å²) >= 11 is 0. The third kappa shape index (κ3) is 5.33. The zero-order chi connectivity index (χ0) is 25.1. The fraction of sp³-hybridized carbons (Fsp3) is 0.250. The molecular formula is C28H28F2N4O2. The number of benzene rings is 3. The number of amides is 1. The molecule has 0 aliphatic carbocycles. The first-order valence-corrected chi connectivity index (χ1v) is 12.0. The van der Waals surface area contributed by atoms with Crippen LogP contribution in [0.1, 0.15) is 15.9 Å². The summed E-state index contributed by atoms with van der Waals surface area (Å²) in [5.41, 5.74) is 3.86. The van der Waals surface area contributed by atoms with E-state index < -0.39 is 17.5 Å². The number of hydrogen-bond acceptors (Lipinski definition) is 4. The summed E-state index contributed by atoms with van der Waals surface area (Å²) in [5, 5.41) is 3.77. The van der Waals surface area contributed by atoms with E-state index in [0.29, 0.717) is 5.69 Å². The van der Waals surface area contributed by atoms with Crippen LogP contribution in [0.2, 0.25) is 0 Å². The van der Waals surface area contributed by atoms with E-state index in [1.807, 2.05) is 30.5 Å². The Hall–Kier alpha value is -3.91. The minimum atomic E-state index is -0.784. The smallest absolute Gasteiger partial charge is 0.255 e. The zero-order valence-corrected chi connectivity index (χ0v) is 20.1. The molecule has 0 radical (unpaired) electrons. The Kier molecular flexibility index (Phi) is 6.86. The Morgan fingerprint density at radius 3 is 2.39 bits per heavy atom. The topological polar surface area (TPSA) is 60.6 Å². The molecule has 186 valence electrons. The van der Waals surface area contributed by atoms with Gasteiger partial charge in [-0.3, -0.25) is 9.69 Å². The second-order valence-corrected chi connectivity index (χ2v) is 8.96.